The summed E-state index contributed by atoms with van der Waals surface area (Å²) >= 11 is 0. The molecule has 0 unspecified atom stereocenters. The van der Waals surface area contributed by atoms with Gasteiger partial charge in [-0.25, -0.2) is 12.8 Å². The van der Waals surface area contributed by atoms with E-state index in [2.05, 4.69) is 10.6 Å². The van der Waals surface area contributed by atoms with E-state index in [4.69, 9.17) is 0 Å². The highest BCUT2D eigenvalue weighted by Gasteiger charge is 2.23. The summed E-state index contributed by atoms with van der Waals surface area (Å²) in [4.78, 5) is 24.8. The van der Waals surface area contributed by atoms with Gasteiger partial charge in [0.15, 0.2) is 0 Å². The summed E-state index contributed by atoms with van der Waals surface area (Å²) in [6, 6.07) is 12.4. The molecular formula is C18H19FN2O4S. The van der Waals surface area contributed by atoms with Crippen molar-refractivity contribution in [2.75, 3.05) is 17.3 Å². The van der Waals surface area contributed by atoms with Gasteiger partial charge in [-0.15, -0.1) is 0 Å². The van der Waals surface area contributed by atoms with Gasteiger partial charge in [0.1, 0.15) is 21.7 Å². The third-order valence-electron chi connectivity index (χ3n) is 3.53. The topological polar surface area (TPSA) is 92.3 Å². The highest BCUT2D eigenvalue weighted by atomic mass is 32.2. The zero-order chi connectivity index (χ0) is 19.2. The van der Waals surface area contributed by atoms with Gasteiger partial charge in [-0.05, 0) is 36.8 Å². The van der Waals surface area contributed by atoms with Crippen LogP contribution in [0.15, 0.2) is 54.6 Å². The largest absolute Gasteiger partial charge is 0.340 e. The first kappa shape index (κ1) is 19.6. The molecule has 0 saturated heterocycles. The van der Waals surface area contributed by atoms with Gasteiger partial charge in [-0.2, -0.15) is 0 Å². The lowest BCUT2D eigenvalue weighted by Gasteiger charge is -2.18. The van der Waals surface area contributed by atoms with Crippen LogP contribution in [0.1, 0.15) is 16.8 Å². The molecule has 0 aliphatic carbocycles. The van der Waals surface area contributed by atoms with Crippen LogP contribution in [-0.2, 0) is 14.6 Å². The van der Waals surface area contributed by atoms with Crippen LogP contribution >= 0.6 is 0 Å². The number of nitrogens with one attached hydrogen (secondary N) is 2. The zero-order valence-electron chi connectivity index (χ0n) is 14.1. The Kier molecular flexibility index (Phi) is 6.46. The molecular weight excluding hydrogens is 359 g/mol. The predicted octanol–water partition coefficient (Wildman–Crippen LogP) is 2.00. The maximum Gasteiger partial charge on any atom is 0.251 e. The van der Waals surface area contributed by atoms with E-state index in [-0.39, 0.29) is 17.9 Å². The average molecular weight is 378 g/mol. The van der Waals surface area contributed by atoms with Crippen molar-refractivity contribution < 1.29 is 22.4 Å². The highest BCUT2D eigenvalue weighted by molar-refractivity contribution is 7.90. The maximum absolute atomic E-state index is 13.3. The molecule has 26 heavy (non-hydrogen) atoms. The number of sulfone groups is 1. The molecule has 0 fully saturated rings. The minimum atomic E-state index is -3.32. The third-order valence-corrected chi connectivity index (χ3v) is 4.50. The van der Waals surface area contributed by atoms with E-state index in [0.717, 1.165) is 12.3 Å². The molecule has 2 aromatic rings. The molecule has 0 aliphatic heterocycles. The second-order valence-corrected chi connectivity index (χ2v) is 8.07. The summed E-state index contributed by atoms with van der Waals surface area (Å²) in [6.07, 6.45) is 0.951. The average Bonchev–Trinajstić information content (AvgIpc) is 2.58. The fourth-order valence-electron chi connectivity index (χ4n) is 2.23. The molecule has 0 heterocycles. The number of rotatable bonds is 7. The Bertz CT molecular complexity index is 885. The zero-order valence-corrected chi connectivity index (χ0v) is 14.9. The first-order valence-corrected chi connectivity index (χ1v) is 9.91. The molecule has 2 N–H and O–H groups in total. The predicted molar refractivity (Wildman–Crippen MR) is 97.1 cm³/mol. The molecule has 0 aliphatic rings. The number of carbonyl (C=O) groups is 2. The van der Waals surface area contributed by atoms with E-state index < -0.39 is 33.5 Å². The standard InChI is InChI=1S/C18H19FN2O4S/c1-26(24,25)11-10-16(21-17(22)13-6-3-2-4-7-13)18(23)20-15-9-5-8-14(19)12-15/h2-9,12,16H,10-11H2,1H3,(H,20,23)(H,21,22)/t16-/m1/s1. The van der Waals surface area contributed by atoms with Gasteiger partial charge in [0.05, 0.1) is 5.75 Å². The summed E-state index contributed by atoms with van der Waals surface area (Å²) in [5.41, 5.74) is 0.559. The molecule has 0 radical (unpaired) electrons. The Morgan fingerprint density at radius 1 is 1.08 bits per heavy atom. The summed E-state index contributed by atoms with van der Waals surface area (Å²) in [5.74, 6) is -1.92. The third kappa shape index (κ3) is 6.29. The molecule has 6 nitrogen and oxygen atoms in total. The van der Waals surface area contributed by atoms with Gasteiger partial charge in [0, 0.05) is 17.5 Å². The van der Waals surface area contributed by atoms with Crippen molar-refractivity contribution in [3.05, 3.63) is 66.0 Å². The molecule has 8 heteroatoms. The molecule has 2 amide bonds. The van der Waals surface area contributed by atoms with E-state index in [1.807, 2.05) is 0 Å². The van der Waals surface area contributed by atoms with Crippen LogP contribution in [0.5, 0.6) is 0 Å². The molecule has 0 saturated carbocycles. The normalized spacial score (nSPS) is 12.2. The number of benzene rings is 2. The second kappa shape index (κ2) is 8.57. The first-order valence-electron chi connectivity index (χ1n) is 7.85. The number of hydrogen-bond acceptors (Lipinski definition) is 4. The monoisotopic (exact) mass is 378 g/mol. The number of anilines is 1. The second-order valence-electron chi connectivity index (χ2n) is 5.81. The Labute approximate surface area is 151 Å². The summed E-state index contributed by atoms with van der Waals surface area (Å²) in [7, 11) is -3.32. The van der Waals surface area contributed by atoms with E-state index in [1.54, 1.807) is 30.3 Å². The maximum atomic E-state index is 13.3. The number of amides is 2. The van der Waals surface area contributed by atoms with Crippen molar-refractivity contribution in [2.45, 2.75) is 12.5 Å². The molecule has 138 valence electrons. The highest BCUT2D eigenvalue weighted by Crippen LogP contribution is 2.11. The summed E-state index contributed by atoms with van der Waals surface area (Å²) in [6.45, 7) is 0. The minimum absolute atomic E-state index is 0.0987. The molecule has 1 atom stereocenters. The SMILES string of the molecule is CS(=O)(=O)CC[C@@H](NC(=O)c1ccccc1)C(=O)Nc1cccc(F)c1. The number of halogens is 1. The van der Waals surface area contributed by atoms with Crippen LogP contribution < -0.4 is 10.6 Å². The van der Waals surface area contributed by atoms with Gasteiger partial charge in [-0.3, -0.25) is 9.59 Å². The van der Waals surface area contributed by atoms with E-state index in [1.165, 1.54) is 18.2 Å². The molecule has 0 aromatic heterocycles. The molecule has 0 spiro atoms. The minimum Gasteiger partial charge on any atom is -0.340 e. The smallest absolute Gasteiger partial charge is 0.251 e. The molecule has 2 aromatic carbocycles. The van der Waals surface area contributed by atoms with Crippen LogP contribution in [0.2, 0.25) is 0 Å². The Morgan fingerprint density at radius 3 is 2.38 bits per heavy atom. The van der Waals surface area contributed by atoms with Gasteiger partial charge >= 0.3 is 0 Å². The Hall–Kier alpha value is -2.74. The van der Waals surface area contributed by atoms with Crippen molar-refractivity contribution in [1.82, 2.24) is 5.32 Å². The van der Waals surface area contributed by atoms with Crippen molar-refractivity contribution in [2.24, 2.45) is 0 Å². The van der Waals surface area contributed by atoms with Crippen molar-refractivity contribution in [3.8, 4) is 0 Å². The molecule has 2 rings (SSSR count). The first-order chi connectivity index (χ1) is 12.2. The Balaban J connectivity index is 2.14. The van der Waals surface area contributed by atoms with E-state index in [0.29, 0.717) is 5.56 Å². The molecule has 0 bridgehead atoms. The van der Waals surface area contributed by atoms with Crippen LogP contribution in [-0.4, -0.2) is 38.3 Å². The van der Waals surface area contributed by atoms with Crippen molar-refractivity contribution >= 4 is 27.3 Å². The van der Waals surface area contributed by atoms with Crippen LogP contribution in [0.4, 0.5) is 10.1 Å². The quantitative estimate of drug-likeness (QED) is 0.771. The lowest BCUT2D eigenvalue weighted by molar-refractivity contribution is -0.118. The van der Waals surface area contributed by atoms with E-state index in [9.17, 15) is 22.4 Å². The van der Waals surface area contributed by atoms with Gasteiger partial charge in [-0.1, -0.05) is 24.3 Å². The van der Waals surface area contributed by atoms with Gasteiger partial charge in [0.2, 0.25) is 5.91 Å². The van der Waals surface area contributed by atoms with Crippen molar-refractivity contribution in [3.63, 3.8) is 0 Å². The number of carbonyl (C=O) groups excluding carboxylic acids is 2. The van der Waals surface area contributed by atoms with Gasteiger partial charge in [0.25, 0.3) is 5.91 Å². The summed E-state index contributed by atoms with van der Waals surface area (Å²) < 4.78 is 36.1. The van der Waals surface area contributed by atoms with E-state index >= 15 is 0 Å². The lowest BCUT2D eigenvalue weighted by atomic mass is 10.1. The van der Waals surface area contributed by atoms with Crippen LogP contribution in [0.25, 0.3) is 0 Å². The number of hydrogen-bond donors (Lipinski definition) is 2. The fraction of sp³-hybridized carbons (Fsp3) is 0.222. The lowest BCUT2D eigenvalue weighted by Crippen LogP contribution is -2.44. The summed E-state index contributed by atoms with van der Waals surface area (Å²) in [5, 5.41) is 5.02. The Morgan fingerprint density at radius 2 is 1.77 bits per heavy atom. The fourth-order valence-corrected chi connectivity index (χ4v) is 2.89. The van der Waals surface area contributed by atoms with Crippen molar-refractivity contribution in [1.29, 1.82) is 0 Å². The van der Waals surface area contributed by atoms with Gasteiger partial charge < -0.3 is 10.6 Å². The van der Waals surface area contributed by atoms with Crippen LogP contribution in [0, 0.1) is 5.82 Å². The van der Waals surface area contributed by atoms with Crippen LogP contribution in [0.3, 0.4) is 0 Å².